The van der Waals surface area contributed by atoms with Gasteiger partial charge in [0.15, 0.2) is 0 Å². The van der Waals surface area contributed by atoms with E-state index in [-0.39, 0.29) is 30.8 Å². The first-order valence-electron chi connectivity index (χ1n) is 6.63. The molecular formula is C14H18N2O6. The van der Waals surface area contributed by atoms with E-state index in [4.69, 9.17) is 0 Å². The summed E-state index contributed by atoms with van der Waals surface area (Å²) in [7, 11) is 1.25. The SMILES string of the molecule is COC(=O)CCN(CC(C)O)C(=O)c1ccc([N+](=O)[O-])cc1. The summed E-state index contributed by atoms with van der Waals surface area (Å²) in [6.45, 7) is 1.66. The summed E-state index contributed by atoms with van der Waals surface area (Å²) in [6, 6.07) is 5.14. The third kappa shape index (κ3) is 5.13. The van der Waals surface area contributed by atoms with Gasteiger partial charge in [-0.2, -0.15) is 0 Å². The molecule has 1 aromatic rings. The van der Waals surface area contributed by atoms with Crippen molar-refractivity contribution in [1.82, 2.24) is 4.90 Å². The Morgan fingerprint density at radius 1 is 1.36 bits per heavy atom. The average molecular weight is 310 g/mol. The highest BCUT2D eigenvalue weighted by molar-refractivity contribution is 5.94. The lowest BCUT2D eigenvalue weighted by Crippen LogP contribution is -2.38. The number of hydrogen-bond acceptors (Lipinski definition) is 6. The zero-order valence-electron chi connectivity index (χ0n) is 12.4. The van der Waals surface area contributed by atoms with E-state index in [9.17, 15) is 24.8 Å². The highest BCUT2D eigenvalue weighted by atomic mass is 16.6. The van der Waals surface area contributed by atoms with E-state index < -0.39 is 22.9 Å². The Morgan fingerprint density at radius 3 is 2.41 bits per heavy atom. The minimum absolute atomic E-state index is 0.00193. The van der Waals surface area contributed by atoms with Crippen molar-refractivity contribution in [2.75, 3.05) is 20.2 Å². The molecular weight excluding hydrogens is 292 g/mol. The van der Waals surface area contributed by atoms with E-state index in [2.05, 4.69) is 4.74 Å². The molecule has 1 rings (SSSR count). The second-order valence-electron chi connectivity index (χ2n) is 4.73. The number of aliphatic hydroxyl groups excluding tert-OH is 1. The molecule has 0 saturated heterocycles. The molecule has 0 bridgehead atoms. The molecule has 1 atom stereocenters. The molecule has 1 unspecified atom stereocenters. The molecule has 8 nitrogen and oxygen atoms in total. The zero-order valence-corrected chi connectivity index (χ0v) is 12.4. The van der Waals surface area contributed by atoms with Crippen LogP contribution in [-0.2, 0) is 9.53 Å². The number of hydrogen-bond donors (Lipinski definition) is 1. The number of nitrogens with zero attached hydrogens (tertiary/aromatic N) is 2. The minimum atomic E-state index is -0.764. The lowest BCUT2D eigenvalue weighted by atomic mass is 10.1. The third-order valence-corrected chi connectivity index (χ3v) is 2.91. The molecule has 0 aromatic heterocycles. The monoisotopic (exact) mass is 310 g/mol. The summed E-state index contributed by atoms with van der Waals surface area (Å²) in [5, 5.41) is 20.1. The summed E-state index contributed by atoms with van der Waals surface area (Å²) in [5.74, 6) is -0.883. The van der Waals surface area contributed by atoms with Crippen molar-refractivity contribution in [1.29, 1.82) is 0 Å². The van der Waals surface area contributed by atoms with Crippen molar-refractivity contribution >= 4 is 17.6 Å². The fourth-order valence-corrected chi connectivity index (χ4v) is 1.83. The van der Waals surface area contributed by atoms with Crippen LogP contribution >= 0.6 is 0 Å². The van der Waals surface area contributed by atoms with Gasteiger partial charge in [0.1, 0.15) is 0 Å². The molecule has 1 N–H and O–H groups in total. The highest BCUT2D eigenvalue weighted by Gasteiger charge is 2.19. The lowest BCUT2D eigenvalue weighted by Gasteiger charge is -2.23. The Kier molecular flexibility index (Phi) is 6.46. The number of benzene rings is 1. The quantitative estimate of drug-likeness (QED) is 0.456. The number of ether oxygens (including phenoxy) is 1. The van der Waals surface area contributed by atoms with E-state index in [1.54, 1.807) is 0 Å². The van der Waals surface area contributed by atoms with Gasteiger partial charge in [-0.1, -0.05) is 0 Å². The number of carbonyl (C=O) groups is 2. The predicted molar refractivity (Wildman–Crippen MR) is 77.3 cm³/mol. The molecule has 8 heteroatoms. The van der Waals surface area contributed by atoms with Crippen molar-refractivity contribution in [2.45, 2.75) is 19.4 Å². The van der Waals surface area contributed by atoms with E-state index in [1.165, 1.54) is 43.2 Å². The predicted octanol–water partition coefficient (Wildman–Crippen LogP) is 0.981. The van der Waals surface area contributed by atoms with Gasteiger partial charge in [-0.25, -0.2) is 0 Å². The van der Waals surface area contributed by atoms with Crippen molar-refractivity contribution < 1.29 is 24.4 Å². The highest BCUT2D eigenvalue weighted by Crippen LogP contribution is 2.14. The van der Waals surface area contributed by atoms with Crippen LogP contribution in [0, 0.1) is 10.1 Å². The normalized spacial score (nSPS) is 11.6. The summed E-state index contributed by atoms with van der Waals surface area (Å²) in [4.78, 5) is 34.9. The van der Waals surface area contributed by atoms with Crippen LogP contribution in [0.3, 0.4) is 0 Å². The minimum Gasteiger partial charge on any atom is -0.469 e. The number of rotatable bonds is 7. The second-order valence-corrected chi connectivity index (χ2v) is 4.73. The van der Waals surface area contributed by atoms with Crippen LogP contribution in [-0.4, -0.2) is 53.1 Å². The van der Waals surface area contributed by atoms with Crippen LogP contribution in [0.15, 0.2) is 24.3 Å². The van der Waals surface area contributed by atoms with E-state index in [0.29, 0.717) is 0 Å². The largest absolute Gasteiger partial charge is 0.469 e. The van der Waals surface area contributed by atoms with Gasteiger partial charge < -0.3 is 14.7 Å². The first-order chi connectivity index (χ1) is 10.3. The van der Waals surface area contributed by atoms with Gasteiger partial charge in [-0.05, 0) is 19.1 Å². The Hall–Kier alpha value is -2.48. The summed E-state index contributed by atoms with van der Waals surface area (Å²) < 4.78 is 4.52. The molecule has 0 aliphatic heterocycles. The molecule has 0 aliphatic rings. The first-order valence-corrected chi connectivity index (χ1v) is 6.63. The molecule has 22 heavy (non-hydrogen) atoms. The van der Waals surface area contributed by atoms with Crippen molar-refractivity contribution in [3.8, 4) is 0 Å². The number of methoxy groups -OCH3 is 1. The third-order valence-electron chi connectivity index (χ3n) is 2.91. The van der Waals surface area contributed by atoms with Crippen LogP contribution in [0.5, 0.6) is 0 Å². The smallest absolute Gasteiger partial charge is 0.307 e. The van der Waals surface area contributed by atoms with Crippen LogP contribution in [0.2, 0.25) is 0 Å². The van der Waals surface area contributed by atoms with Gasteiger partial charge in [-0.15, -0.1) is 0 Å². The summed E-state index contributed by atoms with van der Waals surface area (Å²) in [5.41, 5.74) is 0.129. The molecule has 0 fully saturated rings. The molecule has 0 heterocycles. The maximum absolute atomic E-state index is 12.4. The topological polar surface area (TPSA) is 110 Å². The molecule has 1 amide bonds. The van der Waals surface area contributed by atoms with Crippen LogP contribution in [0.25, 0.3) is 0 Å². The van der Waals surface area contributed by atoms with Gasteiger partial charge in [0.2, 0.25) is 0 Å². The molecule has 0 radical (unpaired) electrons. The fourth-order valence-electron chi connectivity index (χ4n) is 1.83. The maximum Gasteiger partial charge on any atom is 0.307 e. The van der Waals surface area contributed by atoms with E-state index >= 15 is 0 Å². The summed E-state index contributed by atoms with van der Waals surface area (Å²) in [6.07, 6.45) is -0.762. The van der Waals surface area contributed by atoms with Crippen molar-refractivity contribution in [3.05, 3.63) is 39.9 Å². The Morgan fingerprint density at radius 2 is 1.95 bits per heavy atom. The Labute approximate surface area is 127 Å². The van der Waals surface area contributed by atoms with Crippen molar-refractivity contribution in [3.63, 3.8) is 0 Å². The zero-order chi connectivity index (χ0) is 16.7. The van der Waals surface area contributed by atoms with E-state index in [1.807, 2.05) is 0 Å². The van der Waals surface area contributed by atoms with Crippen molar-refractivity contribution in [2.24, 2.45) is 0 Å². The fraction of sp³-hybridized carbons (Fsp3) is 0.429. The second kappa shape index (κ2) is 8.08. The Bertz CT molecular complexity index is 541. The van der Waals surface area contributed by atoms with Gasteiger partial charge in [0.05, 0.1) is 24.6 Å². The van der Waals surface area contributed by atoms with E-state index in [0.717, 1.165) is 0 Å². The molecule has 1 aromatic carbocycles. The van der Waals surface area contributed by atoms with Gasteiger partial charge in [-0.3, -0.25) is 19.7 Å². The maximum atomic E-state index is 12.4. The van der Waals surface area contributed by atoms with Gasteiger partial charge in [0.25, 0.3) is 11.6 Å². The Balaban J connectivity index is 2.85. The molecule has 0 spiro atoms. The number of esters is 1. The van der Waals surface area contributed by atoms with Gasteiger partial charge in [0, 0.05) is 30.8 Å². The first kappa shape index (κ1) is 17.6. The van der Waals surface area contributed by atoms with Crippen LogP contribution in [0.4, 0.5) is 5.69 Å². The summed E-state index contributed by atoms with van der Waals surface area (Å²) >= 11 is 0. The molecule has 0 aliphatic carbocycles. The number of nitro benzene ring substituents is 1. The standard InChI is InChI=1S/C14H18N2O6/c1-10(17)9-15(8-7-13(18)22-2)14(19)11-3-5-12(6-4-11)16(20)21/h3-6,10,17H,7-9H2,1-2H3. The number of amides is 1. The molecule has 120 valence electrons. The lowest BCUT2D eigenvalue weighted by molar-refractivity contribution is -0.384. The number of nitro groups is 1. The number of carbonyl (C=O) groups excluding carboxylic acids is 2. The number of aliphatic hydroxyl groups is 1. The number of non-ortho nitro benzene ring substituents is 1. The van der Waals surface area contributed by atoms with Gasteiger partial charge >= 0.3 is 5.97 Å². The van der Waals surface area contributed by atoms with Crippen LogP contribution < -0.4 is 0 Å². The molecule has 0 saturated carbocycles. The van der Waals surface area contributed by atoms with Crippen LogP contribution in [0.1, 0.15) is 23.7 Å². The average Bonchev–Trinajstić information content (AvgIpc) is 2.50.